The van der Waals surface area contributed by atoms with E-state index in [1.165, 1.54) is 11.9 Å². The van der Waals surface area contributed by atoms with Crippen molar-refractivity contribution >= 4 is 29.9 Å². The van der Waals surface area contributed by atoms with Crippen LogP contribution < -0.4 is 10.2 Å². The number of carbonyl (C=O) groups is 1. The Morgan fingerprint density at radius 1 is 1.25 bits per heavy atom. The summed E-state index contributed by atoms with van der Waals surface area (Å²) < 4.78 is 4.18. The lowest BCUT2D eigenvalue weighted by Gasteiger charge is -2.24. The molecule has 3 rings (SSSR count). The van der Waals surface area contributed by atoms with E-state index in [4.69, 9.17) is 0 Å². The molecule has 0 saturated carbocycles. The molecule has 2 heterocycles. The zero-order valence-corrected chi connectivity index (χ0v) is 11.4. The van der Waals surface area contributed by atoms with Crippen LogP contribution in [0.5, 0.6) is 0 Å². The summed E-state index contributed by atoms with van der Waals surface area (Å²) in [7, 11) is 0. The van der Waals surface area contributed by atoms with E-state index in [1.807, 2.05) is 29.2 Å². The van der Waals surface area contributed by atoms with Gasteiger partial charge in [-0.3, -0.25) is 9.78 Å². The average molecular weight is 284 g/mol. The van der Waals surface area contributed by atoms with Gasteiger partial charge in [0.05, 0.1) is 17.3 Å². The van der Waals surface area contributed by atoms with Gasteiger partial charge in [-0.1, -0.05) is 18.2 Å². The van der Waals surface area contributed by atoms with Crippen molar-refractivity contribution in [3.63, 3.8) is 0 Å². The molecule has 0 fully saturated rings. The Hall–Kier alpha value is -2.34. The minimum absolute atomic E-state index is 0.104. The molecule has 100 valence electrons. The van der Waals surface area contributed by atoms with Gasteiger partial charge >= 0.3 is 0 Å². The van der Waals surface area contributed by atoms with Crippen molar-refractivity contribution in [1.82, 2.24) is 10.3 Å². The lowest BCUT2D eigenvalue weighted by Crippen LogP contribution is -2.37. The lowest BCUT2D eigenvalue weighted by molar-refractivity contribution is 0.0955. The Morgan fingerprint density at radius 3 is 2.95 bits per heavy atom. The smallest absolute Gasteiger partial charge is 0.252 e. The molecule has 1 aliphatic heterocycles. The number of hydrogen-bond donors (Lipinski definition) is 1. The summed E-state index contributed by atoms with van der Waals surface area (Å²) in [4.78, 5) is 18.9. The average Bonchev–Trinajstić information content (AvgIpc) is 2.53. The fourth-order valence-corrected chi connectivity index (χ4v) is 2.52. The summed E-state index contributed by atoms with van der Waals surface area (Å²) in [5.74, 6) is -0.104. The van der Waals surface area contributed by atoms with Gasteiger partial charge in [0.25, 0.3) is 5.91 Å². The summed E-state index contributed by atoms with van der Waals surface area (Å²) >= 11 is 1.38. The number of benzene rings is 1. The molecule has 0 radical (unpaired) electrons. The molecule has 0 spiro atoms. The maximum Gasteiger partial charge on any atom is 0.252 e. The van der Waals surface area contributed by atoms with Crippen LogP contribution in [0.25, 0.3) is 0 Å². The highest BCUT2D eigenvalue weighted by molar-refractivity contribution is 7.98. The van der Waals surface area contributed by atoms with E-state index < -0.39 is 0 Å². The zero-order valence-electron chi connectivity index (χ0n) is 10.6. The number of amides is 1. The fourth-order valence-electron chi connectivity index (χ4n) is 1.85. The van der Waals surface area contributed by atoms with Gasteiger partial charge in [-0.25, -0.2) is 4.40 Å². The van der Waals surface area contributed by atoms with Crippen molar-refractivity contribution in [1.29, 1.82) is 0 Å². The number of nitrogens with one attached hydrogen (secondary N) is 1. The highest BCUT2D eigenvalue weighted by Crippen LogP contribution is 2.32. The molecule has 1 aromatic heterocycles. The predicted molar refractivity (Wildman–Crippen MR) is 79.8 cm³/mol. The van der Waals surface area contributed by atoms with E-state index >= 15 is 0 Å². The van der Waals surface area contributed by atoms with Crippen LogP contribution in [0.3, 0.4) is 0 Å². The molecule has 1 aliphatic rings. The van der Waals surface area contributed by atoms with E-state index in [0.717, 1.165) is 10.6 Å². The summed E-state index contributed by atoms with van der Waals surface area (Å²) in [6.07, 6.45) is 5.20. The molecule has 0 atom stereocenters. The van der Waals surface area contributed by atoms with Crippen LogP contribution in [0.2, 0.25) is 0 Å². The molecule has 20 heavy (non-hydrogen) atoms. The lowest BCUT2D eigenvalue weighted by atomic mass is 10.2. The second kappa shape index (κ2) is 5.75. The van der Waals surface area contributed by atoms with E-state index in [2.05, 4.69) is 14.7 Å². The van der Waals surface area contributed by atoms with Crippen LogP contribution in [0.1, 0.15) is 10.4 Å². The van der Waals surface area contributed by atoms with Gasteiger partial charge < -0.3 is 10.2 Å². The Balaban J connectivity index is 1.69. The van der Waals surface area contributed by atoms with Crippen LogP contribution in [0.15, 0.2) is 58.1 Å². The number of anilines is 1. The Morgan fingerprint density at radius 2 is 2.10 bits per heavy atom. The highest BCUT2D eigenvalue weighted by atomic mass is 32.2. The van der Waals surface area contributed by atoms with Gasteiger partial charge in [-0.2, -0.15) is 0 Å². The number of aromatic nitrogens is 1. The monoisotopic (exact) mass is 284 g/mol. The standard InChI is InChI=1S/C14H12N4OS/c19-14(11-4-2-1-3-5-11)16-9-18-10-17-20-13-8-15-7-6-12(13)18/h1-8,10H,9H2,(H,16,19). The molecule has 5 nitrogen and oxygen atoms in total. The Kier molecular flexibility index (Phi) is 3.64. The number of rotatable bonds is 3. The molecule has 1 N–H and O–H groups in total. The molecule has 1 aromatic carbocycles. The summed E-state index contributed by atoms with van der Waals surface area (Å²) in [6.45, 7) is 0.370. The number of nitrogens with zero attached hydrogens (tertiary/aromatic N) is 3. The van der Waals surface area contributed by atoms with Crippen LogP contribution >= 0.6 is 11.9 Å². The number of fused-ring (bicyclic) bond motifs is 1. The highest BCUT2D eigenvalue weighted by Gasteiger charge is 2.15. The van der Waals surface area contributed by atoms with E-state index in [9.17, 15) is 4.79 Å². The normalized spacial score (nSPS) is 12.9. The first-order chi connectivity index (χ1) is 9.84. The fraction of sp³-hybridized carbons (Fsp3) is 0.0714. The first kappa shape index (κ1) is 12.7. The topological polar surface area (TPSA) is 57.6 Å². The molecular formula is C14H12N4OS. The molecule has 1 amide bonds. The largest absolute Gasteiger partial charge is 0.334 e. The van der Waals surface area contributed by atoms with Gasteiger partial charge in [-0.15, -0.1) is 0 Å². The molecule has 0 unspecified atom stereocenters. The second-order valence-electron chi connectivity index (χ2n) is 4.16. The minimum Gasteiger partial charge on any atom is -0.334 e. The van der Waals surface area contributed by atoms with Crippen molar-refractivity contribution in [3.8, 4) is 0 Å². The van der Waals surface area contributed by atoms with Gasteiger partial charge in [0, 0.05) is 29.9 Å². The van der Waals surface area contributed by atoms with Gasteiger partial charge in [-0.05, 0) is 18.2 Å². The van der Waals surface area contributed by atoms with Crippen molar-refractivity contribution in [3.05, 3.63) is 54.4 Å². The van der Waals surface area contributed by atoms with Crippen molar-refractivity contribution in [2.45, 2.75) is 4.90 Å². The predicted octanol–water partition coefficient (Wildman–Crippen LogP) is 2.32. The maximum atomic E-state index is 12.0. The van der Waals surface area contributed by atoms with Crippen molar-refractivity contribution in [2.75, 3.05) is 11.6 Å². The first-order valence-electron chi connectivity index (χ1n) is 6.09. The van der Waals surface area contributed by atoms with Crippen LogP contribution in [-0.4, -0.2) is 23.9 Å². The maximum absolute atomic E-state index is 12.0. The van der Waals surface area contributed by atoms with E-state index in [1.54, 1.807) is 30.9 Å². The summed E-state index contributed by atoms with van der Waals surface area (Å²) in [6, 6.07) is 11.0. The molecule has 0 aliphatic carbocycles. The second-order valence-corrected chi connectivity index (χ2v) is 4.99. The number of pyridine rings is 1. The third-order valence-corrected chi connectivity index (χ3v) is 3.57. The van der Waals surface area contributed by atoms with Gasteiger partial charge in [0.1, 0.15) is 6.34 Å². The zero-order chi connectivity index (χ0) is 13.8. The van der Waals surface area contributed by atoms with E-state index in [-0.39, 0.29) is 5.91 Å². The van der Waals surface area contributed by atoms with E-state index in [0.29, 0.717) is 12.2 Å². The third-order valence-electron chi connectivity index (χ3n) is 2.86. The van der Waals surface area contributed by atoms with Crippen LogP contribution in [0, 0.1) is 0 Å². The van der Waals surface area contributed by atoms with Crippen LogP contribution in [0.4, 0.5) is 5.69 Å². The number of hydrogen-bond acceptors (Lipinski definition) is 5. The van der Waals surface area contributed by atoms with Gasteiger partial charge in [0.15, 0.2) is 0 Å². The third kappa shape index (κ3) is 2.65. The summed E-state index contributed by atoms with van der Waals surface area (Å²) in [5.41, 5.74) is 1.64. The SMILES string of the molecule is O=C(NCN1C=NSc2cnccc21)c1ccccc1. The molecule has 6 heteroatoms. The minimum atomic E-state index is -0.104. The quantitative estimate of drug-likeness (QED) is 0.879. The molecule has 2 aromatic rings. The first-order valence-corrected chi connectivity index (χ1v) is 6.86. The number of carbonyl (C=O) groups excluding carboxylic acids is 1. The molecule has 0 saturated heterocycles. The molecule has 0 bridgehead atoms. The Bertz CT molecular complexity index is 645. The molecular weight excluding hydrogens is 272 g/mol. The summed E-state index contributed by atoms with van der Waals surface area (Å²) in [5, 5.41) is 2.88. The Labute approximate surface area is 120 Å². The van der Waals surface area contributed by atoms with Gasteiger partial charge in [0.2, 0.25) is 0 Å². The van der Waals surface area contributed by atoms with Crippen LogP contribution in [-0.2, 0) is 0 Å². The van der Waals surface area contributed by atoms with Crippen molar-refractivity contribution < 1.29 is 4.79 Å². The van der Waals surface area contributed by atoms with Crippen molar-refractivity contribution in [2.24, 2.45) is 4.40 Å².